The van der Waals surface area contributed by atoms with Crippen molar-refractivity contribution in [3.63, 3.8) is 0 Å². The quantitative estimate of drug-likeness (QED) is 0.774. The molecule has 0 aromatic carbocycles. The van der Waals surface area contributed by atoms with Crippen molar-refractivity contribution in [2.75, 3.05) is 51.8 Å². The number of carbonyl (C=O) groups excluding carboxylic acids is 2. The van der Waals surface area contributed by atoms with Crippen LogP contribution in [-0.4, -0.2) is 83.8 Å². The van der Waals surface area contributed by atoms with Gasteiger partial charge in [0.2, 0.25) is 11.8 Å². The molecule has 130 valence electrons. The van der Waals surface area contributed by atoms with E-state index >= 15 is 0 Å². The maximum absolute atomic E-state index is 12.5. The summed E-state index contributed by atoms with van der Waals surface area (Å²) < 4.78 is 0. The molecule has 2 amide bonds. The van der Waals surface area contributed by atoms with Crippen LogP contribution in [-0.2, 0) is 9.59 Å². The number of nitrogens with zero attached hydrogens (tertiary/aromatic N) is 3. The molecular weight excluding hydrogens is 310 g/mol. The summed E-state index contributed by atoms with van der Waals surface area (Å²) in [7, 11) is 2.16. The van der Waals surface area contributed by atoms with E-state index < -0.39 is 0 Å². The summed E-state index contributed by atoms with van der Waals surface area (Å²) in [5.41, 5.74) is -0.0136. The Balaban J connectivity index is 1.68. The van der Waals surface area contributed by atoms with Gasteiger partial charge in [-0.25, -0.2) is 0 Å². The van der Waals surface area contributed by atoms with Crippen molar-refractivity contribution < 1.29 is 9.59 Å². The third kappa shape index (κ3) is 3.85. The summed E-state index contributed by atoms with van der Waals surface area (Å²) >= 11 is 1.59. The molecule has 2 aliphatic heterocycles. The van der Waals surface area contributed by atoms with Gasteiger partial charge in [0.15, 0.2) is 0 Å². The number of hydrogen-bond donors (Lipinski definition) is 0. The van der Waals surface area contributed by atoms with E-state index in [0.717, 1.165) is 51.5 Å². The zero-order valence-corrected chi connectivity index (χ0v) is 15.2. The highest BCUT2D eigenvalue weighted by molar-refractivity contribution is 7.99. The molecule has 0 aromatic rings. The Morgan fingerprint density at radius 3 is 2.74 bits per heavy atom. The zero-order chi connectivity index (χ0) is 16.4. The molecular formula is C17H29N3O2S. The topological polar surface area (TPSA) is 43.9 Å². The largest absolute Gasteiger partial charge is 0.342 e. The maximum atomic E-state index is 12.5. The van der Waals surface area contributed by atoms with E-state index in [-0.39, 0.29) is 11.4 Å². The van der Waals surface area contributed by atoms with Crippen molar-refractivity contribution in [1.82, 2.24) is 14.7 Å². The Morgan fingerprint density at radius 2 is 2.04 bits per heavy atom. The highest BCUT2D eigenvalue weighted by atomic mass is 32.2. The van der Waals surface area contributed by atoms with Crippen LogP contribution in [0.3, 0.4) is 0 Å². The van der Waals surface area contributed by atoms with E-state index in [1.807, 2.05) is 11.2 Å². The monoisotopic (exact) mass is 339 g/mol. The highest BCUT2D eigenvalue weighted by Gasteiger charge is 2.43. The number of thioether (sulfide) groups is 1. The molecule has 0 unspecified atom stereocenters. The van der Waals surface area contributed by atoms with Gasteiger partial charge in [-0.15, -0.1) is 0 Å². The predicted molar refractivity (Wildman–Crippen MR) is 93.5 cm³/mol. The first-order valence-electron chi connectivity index (χ1n) is 8.80. The van der Waals surface area contributed by atoms with Crippen molar-refractivity contribution in [2.24, 2.45) is 5.92 Å². The van der Waals surface area contributed by atoms with Gasteiger partial charge in [0.05, 0.1) is 5.75 Å². The second-order valence-electron chi connectivity index (χ2n) is 7.43. The van der Waals surface area contributed by atoms with Crippen LogP contribution in [0.4, 0.5) is 0 Å². The number of likely N-dealkylation sites (N-methyl/N-ethyl adjacent to an activating group) is 1. The van der Waals surface area contributed by atoms with E-state index in [2.05, 4.69) is 16.8 Å². The summed E-state index contributed by atoms with van der Waals surface area (Å²) in [4.78, 5) is 31.3. The first-order valence-corrected chi connectivity index (χ1v) is 10.2. The van der Waals surface area contributed by atoms with Crippen molar-refractivity contribution in [3.05, 3.63) is 0 Å². The lowest BCUT2D eigenvalue weighted by Crippen LogP contribution is -2.62. The Morgan fingerprint density at radius 1 is 1.26 bits per heavy atom. The van der Waals surface area contributed by atoms with Gasteiger partial charge in [0, 0.05) is 44.7 Å². The standard InChI is InChI=1S/C17H29N3O2S/c1-18-9-10-20(16(22)12-23-2)13-17(18)6-5-15(21)19(8-7-17)11-14-3-4-14/h14H,3-13H2,1-2H3/t17-/m0/s1. The van der Waals surface area contributed by atoms with Crippen LogP contribution in [0, 0.1) is 5.92 Å². The van der Waals surface area contributed by atoms with E-state index in [0.29, 0.717) is 18.1 Å². The fraction of sp³-hybridized carbons (Fsp3) is 0.882. The molecule has 0 N–H and O–H groups in total. The molecule has 1 aliphatic carbocycles. The number of rotatable bonds is 4. The molecule has 2 saturated heterocycles. The number of carbonyl (C=O) groups is 2. The van der Waals surface area contributed by atoms with E-state index in [9.17, 15) is 9.59 Å². The number of piperazine rings is 1. The van der Waals surface area contributed by atoms with Crippen molar-refractivity contribution in [2.45, 2.75) is 37.6 Å². The van der Waals surface area contributed by atoms with Gasteiger partial charge in [-0.2, -0.15) is 11.8 Å². The van der Waals surface area contributed by atoms with Crippen LogP contribution in [0.5, 0.6) is 0 Å². The lowest BCUT2D eigenvalue weighted by atomic mass is 9.86. The Hall–Kier alpha value is -0.750. The second-order valence-corrected chi connectivity index (χ2v) is 8.29. The molecule has 5 nitrogen and oxygen atoms in total. The summed E-state index contributed by atoms with van der Waals surface area (Å²) in [6.45, 7) is 4.32. The van der Waals surface area contributed by atoms with Crippen LogP contribution in [0.1, 0.15) is 32.1 Å². The molecule has 1 spiro atoms. The number of amides is 2. The van der Waals surface area contributed by atoms with Gasteiger partial charge in [0.25, 0.3) is 0 Å². The average molecular weight is 340 g/mol. The fourth-order valence-electron chi connectivity index (χ4n) is 3.93. The van der Waals surface area contributed by atoms with Gasteiger partial charge in [-0.05, 0) is 44.9 Å². The van der Waals surface area contributed by atoms with Crippen LogP contribution < -0.4 is 0 Å². The number of likely N-dealkylation sites (tertiary alicyclic amines) is 1. The maximum Gasteiger partial charge on any atom is 0.232 e. The third-order valence-corrected chi connectivity index (χ3v) is 6.34. The summed E-state index contributed by atoms with van der Waals surface area (Å²) in [5, 5.41) is 0. The van der Waals surface area contributed by atoms with Crippen LogP contribution in [0.25, 0.3) is 0 Å². The van der Waals surface area contributed by atoms with Crippen molar-refractivity contribution in [1.29, 1.82) is 0 Å². The minimum Gasteiger partial charge on any atom is -0.342 e. The molecule has 1 atom stereocenters. The molecule has 1 saturated carbocycles. The molecule has 6 heteroatoms. The Labute approximate surface area is 143 Å². The number of hydrogen-bond acceptors (Lipinski definition) is 4. The molecule has 0 aromatic heterocycles. The molecule has 23 heavy (non-hydrogen) atoms. The highest BCUT2D eigenvalue weighted by Crippen LogP contribution is 2.35. The Kier molecular flexibility index (Phi) is 5.21. The van der Waals surface area contributed by atoms with E-state index in [1.165, 1.54) is 12.8 Å². The van der Waals surface area contributed by atoms with Crippen molar-refractivity contribution in [3.8, 4) is 0 Å². The van der Waals surface area contributed by atoms with E-state index in [4.69, 9.17) is 0 Å². The van der Waals surface area contributed by atoms with Gasteiger partial charge in [-0.1, -0.05) is 0 Å². The third-order valence-electron chi connectivity index (χ3n) is 5.80. The molecule has 3 aliphatic rings. The molecule has 0 bridgehead atoms. The lowest BCUT2D eigenvalue weighted by Gasteiger charge is -2.49. The van der Waals surface area contributed by atoms with E-state index in [1.54, 1.807) is 11.8 Å². The SMILES string of the molecule is CSCC(=O)N1CCN(C)[C@]2(CCC(=O)N(CC3CC3)CC2)C1. The zero-order valence-electron chi connectivity index (χ0n) is 14.4. The van der Waals surface area contributed by atoms with Gasteiger partial charge in [-0.3, -0.25) is 14.5 Å². The lowest BCUT2D eigenvalue weighted by molar-refractivity contribution is -0.134. The van der Waals surface area contributed by atoms with Crippen molar-refractivity contribution >= 4 is 23.6 Å². The van der Waals surface area contributed by atoms with Gasteiger partial charge in [0.1, 0.15) is 0 Å². The van der Waals surface area contributed by atoms with Gasteiger partial charge >= 0.3 is 0 Å². The summed E-state index contributed by atoms with van der Waals surface area (Å²) in [5.74, 6) is 1.87. The van der Waals surface area contributed by atoms with Gasteiger partial charge < -0.3 is 9.80 Å². The minimum absolute atomic E-state index is 0.0136. The molecule has 3 rings (SSSR count). The first kappa shape index (κ1) is 17.1. The second kappa shape index (κ2) is 7.01. The smallest absolute Gasteiger partial charge is 0.232 e. The minimum atomic E-state index is -0.0136. The summed E-state index contributed by atoms with van der Waals surface area (Å²) in [6, 6.07) is 0. The van der Waals surface area contributed by atoms with Crippen LogP contribution in [0.15, 0.2) is 0 Å². The fourth-order valence-corrected chi connectivity index (χ4v) is 4.36. The predicted octanol–water partition coefficient (Wildman–Crippen LogP) is 1.28. The van der Waals surface area contributed by atoms with Crippen LogP contribution in [0.2, 0.25) is 0 Å². The Bertz CT molecular complexity index is 469. The normalized spacial score (nSPS) is 29.9. The molecule has 2 heterocycles. The summed E-state index contributed by atoms with van der Waals surface area (Å²) in [6.07, 6.45) is 7.04. The van der Waals surface area contributed by atoms with Crippen LogP contribution >= 0.6 is 11.8 Å². The molecule has 0 radical (unpaired) electrons. The first-order chi connectivity index (χ1) is 11.0. The molecule has 3 fully saturated rings. The average Bonchev–Trinajstić information content (AvgIpc) is 3.36.